The van der Waals surface area contributed by atoms with Gasteiger partial charge in [0, 0.05) is 11.4 Å². The summed E-state index contributed by atoms with van der Waals surface area (Å²) in [5.41, 5.74) is 0.541. The summed E-state index contributed by atoms with van der Waals surface area (Å²) < 4.78 is 9.60. The summed E-state index contributed by atoms with van der Waals surface area (Å²) in [7, 11) is 0. The molecule has 4 rings (SSSR count). The summed E-state index contributed by atoms with van der Waals surface area (Å²) in [6.07, 6.45) is 4.00. The van der Waals surface area contributed by atoms with E-state index in [1.807, 2.05) is 0 Å². The number of rotatable bonds is 6. The van der Waals surface area contributed by atoms with E-state index in [9.17, 15) is 9.59 Å². The van der Waals surface area contributed by atoms with E-state index < -0.39 is 11.9 Å². The van der Waals surface area contributed by atoms with E-state index in [4.69, 9.17) is 16.0 Å². The number of para-hydroxylation sites is 1. The van der Waals surface area contributed by atoms with E-state index in [-0.39, 0.29) is 17.6 Å². The van der Waals surface area contributed by atoms with Gasteiger partial charge in [-0.05, 0) is 55.6 Å². The van der Waals surface area contributed by atoms with Gasteiger partial charge >= 0.3 is 0 Å². The van der Waals surface area contributed by atoms with Gasteiger partial charge in [-0.25, -0.2) is 0 Å². The molecule has 0 aliphatic heterocycles. The number of halogens is 1. The molecule has 3 aromatic rings. The molecule has 0 bridgehead atoms. The average molecular weight is 445 g/mol. The number of benzene rings is 1. The molecule has 2 amide bonds. The van der Waals surface area contributed by atoms with Gasteiger partial charge in [0.25, 0.3) is 11.8 Å². The second-order valence-electron chi connectivity index (χ2n) is 7.26. The Balaban J connectivity index is 1.80. The van der Waals surface area contributed by atoms with Gasteiger partial charge in [0.05, 0.1) is 10.7 Å². The molecule has 1 aliphatic rings. The van der Waals surface area contributed by atoms with Crippen molar-refractivity contribution in [2.75, 3.05) is 4.90 Å². The molecular formula is C21H21ClN4O3S. The molecule has 1 atom stereocenters. The van der Waals surface area contributed by atoms with Crippen LogP contribution in [0.4, 0.5) is 5.69 Å². The van der Waals surface area contributed by atoms with Crippen LogP contribution >= 0.6 is 23.1 Å². The van der Waals surface area contributed by atoms with Crippen LogP contribution in [0.25, 0.3) is 0 Å². The summed E-state index contributed by atoms with van der Waals surface area (Å²) >= 11 is 7.51. The third-order valence-electron chi connectivity index (χ3n) is 5.15. The maximum Gasteiger partial charge on any atom is 0.280 e. The van der Waals surface area contributed by atoms with E-state index in [2.05, 4.69) is 14.9 Å². The molecule has 30 heavy (non-hydrogen) atoms. The first-order valence-electron chi connectivity index (χ1n) is 9.76. The Morgan fingerprint density at radius 2 is 2.00 bits per heavy atom. The van der Waals surface area contributed by atoms with E-state index in [1.165, 1.54) is 4.90 Å². The number of carbonyl (C=O) groups is 2. The van der Waals surface area contributed by atoms with Gasteiger partial charge in [0.1, 0.15) is 11.5 Å². The molecular weight excluding hydrogens is 424 g/mol. The molecule has 1 aliphatic carbocycles. The van der Waals surface area contributed by atoms with Crippen molar-refractivity contribution in [3.63, 3.8) is 0 Å². The van der Waals surface area contributed by atoms with Crippen molar-refractivity contribution in [3.05, 3.63) is 64.0 Å². The molecule has 0 radical (unpaired) electrons. The topological polar surface area (TPSA) is 88.3 Å². The third-order valence-corrected chi connectivity index (χ3v) is 5.97. The quantitative estimate of drug-likeness (QED) is 0.603. The SMILES string of the molecule is Cc1ccc([C@H](C(=O)NC2CCCC2)N(C(=O)c2csnn2)c2ccccc2Cl)o1. The predicted octanol–water partition coefficient (Wildman–Crippen LogP) is 4.54. The number of amides is 2. The maximum absolute atomic E-state index is 13.5. The molecule has 156 valence electrons. The molecule has 1 N–H and O–H groups in total. The van der Waals surface area contributed by atoms with Crippen LogP contribution in [0.1, 0.15) is 53.7 Å². The number of nitrogens with one attached hydrogen (secondary N) is 1. The van der Waals surface area contributed by atoms with Crippen molar-refractivity contribution in [1.82, 2.24) is 14.9 Å². The largest absolute Gasteiger partial charge is 0.464 e. The highest BCUT2D eigenvalue weighted by molar-refractivity contribution is 7.03. The number of aromatic nitrogens is 2. The van der Waals surface area contributed by atoms with Gasteiger partial charge in [0.2, 0.25) is 0 Å². The lowest BCUT2D eigenvalue weighted by atomic mass is 10.1. The molecule has 1 fully saturated rings. The summed E-state index contributed by atoms with van der Waals surface area (Å²) in [5.74, 6) is 0.218. The van der Waals surface area contributed by atoms with Crippen LogP contribution in [0, 0.1) is 6.92 Å². The monoisotopic (exact) mass is 444 g/mol. The summed E-state index contributed by atoms with van der Waals surface area (Å²) in [4.78, 5) is 28.3. The Morgan fingerprint density at radius 1 is 1.23 bits per heavy atom. The minimum absolute atomic E-state index is 0.0835. The predicted molar refractivity (Wildman–Crippen MR) is 115 cm³/mol. The van der Waals surface area contributed by atoms with Crippen molar-refractivity contribution in [1.29, 1.82) is 0 Å². The molecule has 0 saturated heterocycles. The lowest BCUT2D eigenvalue weighted by Gasteiger charge is -2.30. The highest BCUT2D eigenvalue weighted by Crippen LogP contribution is 2.35. The number of hydrogen-bond donors (Lipinski definition) is 1. The molecule has 1 saturated carbocycles. The van der Waals surface area contributed by atoms with Crippen molar-refractivity contribution in [3.8, 4) is 0 Å². The maximum atomic E-state index is 13.5. The number of nitrogens with zero attached hydrogens (tertiary/aromatic N) is 3. The van der Waals surface area contributed by atoms with Crippen LogP contribution in [0.2, 0.25) is 5.02 Å². The zero-order chi connectivity index (χ0) is 21.1. The van der Waals surface area contributed by atoms with Crippen LogP contribution in [-0.2, 0) is 4.79 Å². The highest BCUT2D eigenvalue weighted by atomic mass is 35.5. The smallest absolute Gasteiger partial charge is 0.280 e. The number of carbonyl (C=O) groups excluding carboxylic acids is 2. The molecule has 2 aromatic heterocycles. The van der Waals surface area contributed by atoms with Crippen LogP contribution in [0.3, 0.4) is 0 Å². The second-order valence-corrected chi connectivity index (χ2v) is 8.27. The Labute approximate surface area is 183 Å². The Bertz CT molecular complexity index is 1030. The van der Waals surface area contributed by atoms with Crippen LogP contribution in [0.15, 0.2) is 46.2 Å². The van der Waals surface area contributed by atoms with E-state index in [1.54, 1.807) is 48.7 Å². The average Bonchev–Trinajstić information content (AvgIpc) is 3.49. The van der Waals surface area contributed by atoms with Gasteiger partial charge in [-0.2, -0.15) is 0 Å². The fourth-order valence-corrected chi connectivity index (χ4v) is 4.38. The third kappa shape index (κ3) is 4.24. The number of anilines is 1. The second kappa shape index (κ2) is 8.97. The van der Waals surface area contributed by atoms with Crippen molar-refractivity contribution in [2.24, 2.45) is 0 Å². The molecule has 0 spiro atoms. The van der Waals surface area contributed by atoms with E-state index in [0.29, 0.717) is 22.2 Å². The van der Waals surface area contributed by atoms with Gasteiger partial charge in [0.15, 0.2) is 11.7 Å². The molecule has 1 aromatic carbocycles. The Hall–Kier alpha value is -2.71. The molecule has 7 nitrogen and oxygen atoms in total. The van der Waals surface area contributed by atoms with Crippen LogP contribution in [0.5, 0.6) is 0 Å². The normalized spacial score (nSPS) is 15.1. The summed E-state index contributed by atoms with van der Waals surface area (Å²) in [5, 5.41) is 8.89. The van der Waals surface area contributed by atoms with Gasteiger partial charge in [-0.3, -0.25) is 14.5 Å². The Kier molecular flexibility index (Phi) is 6.15. The summed E-state index contributed by atoms with van der Waals surface area (Å²) in [6.45, 7) is 1.79. The lowest BCUT2D eigenvalue weighted by molar-refractivity contribution is -0.123. The molecule has 9 heteroatoms. The number of aryl methyl sites for hydroxylation is 1. The van der Waals surface area contributed by atoms with Crippen molar-refractivity contribution >= 4 is 40.6 Å². The number of furan rings is 1. The fraction of sp³-hybridized carbons (Fsp3) is 0.333. The standard InChI is InChI=1S/C21H21ClN4O3S/c1-13-10-11-18(29-13)19(20(27)23-14-6-2-3-7-14)26(17-9-5-4-8-15(17)22)21(28)16-12-30-25-24-16/h4-5,8-12,14,19H,2-3,6-7H2,1H3,(H,23,27)/t19-/m1/s1. The first-order valence-corrected chi connectivity index (χ1v) is 11.0. The molecule has 0 unspecified atom stereocenters. The van der Waals surface area contributed by atoms with Crippen LogP contribution < -0.4 is 10.2 Å². The summed E-state index contributed by atoms with van der Waals surface area (Å²) in [6, 6.07) is 9.44. The van der Waals surface area contributed by atoms with Crippen molar-refractivity contribution < 1.29 is 14.0 Å². The molecule has 2 heterocycles. The zero-order valence-corrected chi connectivity index (χ0v) is 17.9. The van der Waals surface area contributed by atoms with Gasteiger partial charge in [-0.1, -0.05) is 41.1 Å². The van der Waals surface area contributed by atoms with Crippen molar-refractivity contribution in [2.45, 2.75) is 44.7 Å². The van der Waals surface area contributed by atoms with E-state index >= 15 is 0 Å². The number of hydrogen-bond acceptors (Lipinski definition) is 6. The minimum Gasteiger partial charge on any atom is -0.464 e. The zero-order valence-electron chi connectivity index (χ0n) is 16.4. The Morgan fingerprint density at radius 3 is 2.63 bits per heavy atom. The van der Waals surface area contributed by atoms with E-state index in [0.717, 1.165) is 37.2 Å². The van der Waals surface area contributed by atoms with Gasteiger partial charge < -0.3 is 9.73 Å². The van der Waals surface area contributed by atoms with Gasteiger partial charge in [-0.15, -0.1) is 5.10 Å². The first kappa shape index (κ1) is 20.6. The minimum atomic E-state index is -1.03. The lowest BCUT2D eigenvalue weighted by Crippen LogP contribution is -2.46. The fourth-order valence-electron chi connectivity index (χ4n) is 3.72. The van der Waals surface area contributed by atoms with Crippen LogP contribution in [-0.4, -0.2) is 27.4 Å². The highest BCUT2D eigenvalue weighted by Gasteiger charge is 2.38. The first-order chi connectivity index (χ1) is 14.5.